The molecule has 31 heavy (non-hydrogen) atoms. The summed E-state index contributed by atoms with van der Waals surface area (Å²) in [5, 5.41) is 3.46. The second kappa shape index (κ2) is 9.41. The van der Waals surface area contributed by atoms with Crippen LogP contribution in [-0.4, -0.2) is 24.2 Å². The van der Waals surface area contributed by atoms with E-state index in [4.69, 9.17) is 16.3 Å². The standard InChI is InChI=1S/C25H20ClN3O2/c1-31-24-7-4-5-20(16-28-24)29-25(30)19-12-13-22(26)21(15-19)17-8-10-18(11-9-17)23-6-2-3-14-27-23/h2-3,5-16H,4H2,1H3,(H,29,30). The summed E-state index contributed by atoms with van der Waals surface area (Å²) in [6.07, 6.45) is 7.68. The summed E-state index contributed by atoms with van der Waals surface area (Å²) >= 11 is 6.44. The number of amides is 1. The second-order valence-corrected chi connectivity index (χ2v) is 7.25. The van der Waals surface area contributed by atoms with E-state index in [2.05, 4.69) is 15.3 Å². The first-order valence-electron chi connectivity index (χ1n) is 9.75. The van der Waals surface area contributed by atoms with E-state index in [9.17, 15) is 4.79 Å². The smallest absolute Gasteiger partial charge is 0.255 e. The van der Waals surface area contributed by atoms with Gasteiger partial charge in [-0.1, -0.05) is 48.0 Å². The molecule has 1 aromatic heterocycles. The topological polar surface area (TPSA) is 63.6 Å². The minimum atomic E-state index is -0.235. The van der Waals surface area contributed by atoms with Gasteiger partial charge in [0.15, 0.2) is 0 Å². The Morgan fingerprint density at radius 1 is 1.03 bits per heavy atom. The highest BCUT2D eigenvalue weighted by Crippen LogP contribution is 2.30. The zero-order chi connectivity index (χ0) is 21.6. The van der Waals surface area contributed by atoms with Gasteiger partial charge in [-0.3, -0.25) is 9.78 Å². The van der Waals surface area contributed by atoms with E-state index < -0.39 is 0 Å². The molecule has 0 fully saturated rings. The number of methoxy groups -OCH3 is 1. The first kappa shape index (κ1) is 20.6. The third-order valence-corrected chi connectivity index (χ3v) is 5.14. The molecule has 0 saturated carbocycles. The molecule has 1 N–H and O–H groups in total. The number of hydrogen-bond acceptors (Lipinski definition) is 4. The Labute approximate surface area is 185 Å². The number of nitrogens with one attached hydrogen (secondary N) is 1. The van der Waals surface area contributed by atoms with E-state index in [-0.39, 0.29) is 5.91 Å². The number of ether oxygens (including phenoxy) is 1. The van der Waals surface area contributed by atoms with E-state index >= 15 is 0 Å². The maximum atomic E-state index is 12.8. The van der Waals surface area contributed by atoms with Gasteiger partial charge in [-0.25, -0.2) is 4.99 Å². The Hall–Kier alpha value is -3.70. The fourth-order valence-corrected chi connectivity index (χ4v) is 3.42. The number of benzene rings is 2. The van der Waals surface area contributed by atoms with Crippen molar-refractivity contribution >= 4 is 23.7 Å². The van der Waals surface area contributed by atoms with Crippen molar-refractivity contribution in [3.63, 3.8) is 0 Å². The average Bonchev–Trinajstić information content (AvgIpc) is 3.05. The van der Waals surface area contributed by atoms with Crippen LogP contribution in [0.2, 0.25) is 5.02 Å². The second-order valence-electron chi connectivity index (χ2n) is 6.84. The van der Waals surface area contributed by atoms with Crippen LogP contribution in [0.5, 0.6) is 0 Å². The van der Waals surface area contributed by atoms with Crippen LogP contribution in [0.15, 0.2) is 95.6 Å². The molecule has 0 aliphatic carbocycles. The Morgan fingerprint density at radius 3 is 2.58 bits per heavy atom. The van der Waals surface area contributed by atoms with Gasteiger partial charge in [0.05, 0.1) is 24.7 Å². The fraction of sp³-hybridized carbons (Fsp3) is 0.0800. The summed E-state index contributed by atoms with van der Waals surface area (Å²) in [6.45, 7) is 0. The first-order chi connectivity index (χ1) is 15.1. The number of carbonyl (C=O) groups excluding carboxylic acids is 1. The van der Waals surface area contributed by atoms with Crippen LogP contribution in [0.4, 0.5) is 0 Å². The van der Waals surface area contributed by atoms with Gasteiger partial charge >= 0.3 is 0 Å². The molecule has 0 bridgehead atoms. The summed E-state index contributed by atoms with van der Waals surface area (Å²) in [5.74, 6) is 0.282. The van der Waals surface area contributed by atoms with Crippen molar-refractivity contribution in [2.24, 2.45) is 4.99 Å². The molecule has 4 rings (SSSR count). The van der Waals surface area contributed by atoms with Crippen molar-refractivity contribution < 1.29 is 9.53 Å². The predicted molar refractivity (Wildman–Crippen MR) is 124 cm³/mol. The van der Waals surface area contributed by atoms with E-state index in [1.54, 1.807) is 37.7 Å². The van der Waals surface area contributed by atoms with Crippen molar-refractivity contribution in [2.45, 2.75) is 6.42 Å². The molecular weight excluding hydrogens is 410 g/mol. The lowest BCUT2D eigenvalue weighted by atomic mass is 10.0. The van der Waals surface area contributed by atoms with Gasteiger partial charge in [-0.05, 0) is 48.4 Å². The molecule has 0 spiro atoms. The molecule has 1 aliphatic heterocycles. The van der Waals surface area contributed by atoms with Crippen LogP contribution in [0.25, 0.3) is 22.4 Å². The highest BCUT2D eigenvalue weighted by Gasteiger charge is 2.12. The van der Waals surface area contributed by atoms with Gasteiger partial charge in [0.1, 0.15) is 0 Å². The number of carbonyl (C=O) groups is 1. The molecule has 0 unspecified atom stereocenters. The highest BCUT2D eigenvalue weighted by molar-refractivity contribution is 6.33. The van der Waals surface area contributed by atoms with Crippen molar-refractivity contribution in [3.8, 4) is 22.4 Å². The lowest BCUT2D eigenvalue weighted by molar-refractivity contribution is 0.0968. The molecule has 0 radical (unpaired) electrons. The number of aliphatic imine (C=N–C) groups is 1. The lowest BCUT2D eigenvalue weighted by Gasteiger charge is -2.10. The number of halogens is 1. The van der Waals surface area contributed by atoms with Gasteiger partial charge in [-0.2, -0.15) is 0 Å². The highest BCUT2D eigenvalue weighted by atomic mass is 35.5. The molecule has 0 saturated heterocycles. The summed E-state index contributed by atoms with van der Waals surface area (Å²) < 4.78 is 5.12. The van der Waals surface area contributed by atoms with Crippen LogP contribution in [0.1, 0.15) is 16.8 Å². The summed E-state index contributed by atoms with van der Waals surface area (Å²) in [7, 11) is 1.56. The lowest BCUT2D eigenvalue weighted by Crippen LogP contribution is -2.23. The van der Waals surface area contributed by atoms with Crippen LogP contribution < -0.4 is 5.32 Å². The number of rotatable bonds is 5. The van der Waals surface area contributed by atoms with Crippen molar-refractivity contribution in [1.82, 2.24) is 10.3 Å². The van der Waals surface area contributed by atoms with Crippen LogP contribution >= 0.6 is 11.6 Å². The molecule has 0 atom stereocenters. The van der Waals surface area contributed by atoms with E-state index in [1.807, 2.05) is 54.6 Å². The number of nitrogens with zero attached hydrogens (tertiary/aromatic N) is 2. The number of pyridine rings is 1. The largest absolute Gasteiger partial charge is 0.481 e. The van der Waals surface area contributed by atoms with Crippen LogP contribution in [0.3, 0.4) is 0 Å². The average molecular weight is 430 g/mol. The van der Waals surface area contributed by atoms with Crippen molar-refractivity contribution in [3.05, 3.63) is 101 Å². The van der Waals surface area contributed by atoms with Gasteiger partial charge < -0.3 is 10.1 Å². The summed E-state index contributed by atoms with van der Waals surface area (Å²) in [6, 6.07) is 19.0. The van der Waals surface area contributed by atoms with Gasteiger partial charge in [0.25, 0.3) is 5.91 Å². The molecular formula is C25H20ClN3O2. The molecule has 1 amide bonds. The summed E-state index contributed by atoms with van der Waals surface area (Å²) in [5.41, 5.74) is 4.74. The van der Waals surface area contributed by atoms with Gasteiger partial charge in [-0.15, -0.1) is 0 Å². The van der Waals surface area contributed by atoms with E-state index in [0.29, 0.717) is 28.6 Å². The summed E-state index contributed by atoms with van der Waals surface area (Å²) in [4.78, 5) is 21.4. The molecule has 3 aromatic rings. The zero-order valence-electron chi connectivity index (χ0n) is 16.9. The molecule has 154 valence electrons. The minimum Gasteiger partial charge on any atom is -0.481 e. The fourth-order valence-electron chi connectivity index (χ4n) is 3.19. The SMILES string of the molecule is COC1=CCC=C(NC(=O)c2ccc(Cl)c(-c3ccc(-c4ccccn4)cc3)c2)C=N1. The third kappa shape index (κ3) is 4.90. The molecule has 5 nitrogen and oxygen atoms in total. The Balaban J connectivity index is 1.55. The van der Waals surface area contributed by atoms with Gasteiger partial charge in [0.2, 0.25) is 5.88 Å². The van der Waals surface area contributed by atoms with E-state index in [0.717, 1.165) is 22.4 Å². The Morgan fingerprint density at radius 2 is 1.84 bits per heavy atom. The number of allylic oxidation sites excluding steroid dienone is 3. The van der Waals surface area contributed by atoms with Crippen LogP contribution in [0, 0.1) is 0 Å². The van der Waals surface area contributed by atoms with Gasteiger partial charge in [0, 0.05) is 27.9 Å². The monoisotopic (exact) mass is 429 g/mol. The maximum Gasteiger partial charge on any atom is 0.255 e. The van der Waals surface area contributed by atoms with Crippen molar-refractivity contribution in [2.75, 3.05) is 7.11 Å². The zero-order valence-corrected chi connectivity index (χ0v) is 17.6. The molecule has 1 aliphatic rings. The quantitative estimate of drug-likeness (QED) is 0.570. The third-order valence-electron chi connectivity index (χ3n) is 4.81. The first-order valence-corrected chi connectivity index (χ1v) is 10.1. The normalized spacial score (nSPS) is 13.1. The number of aromatic nitrogens is 1. The van der Waals surface area contributed by atoms with E-state index in [1.165, 1.54) is 0 Å². The molecule has 2 aromatic carbocycles. The Kier molecular flexibility index (Phi) is 6.24. The minimum absolute atomic E-state index is 0.235. The maximum absolute atomic E-state index is 12.8. The Bertz CT molecular complexity index is 1180. The van der Waals surface area contributed by atoms with Crippen LogP contribution in [-0.2, 0) is 4.74 Å². The molecule has 6 heteroatoms. The number of hydrogen-bond donors (Lipinski definition) is 1. The van der Waals surface area contributed by atoms with Crippen molar-refractivity contribution in [1.29, 1.82) is 0 Å². The predicted octanol–water partition coefficient (Wildman–Crippen LogP) is 5.65. The molecule has 2 heterocycles.